The molecule has 0 radical (unpaired) electrons. The van der Waals surface area contributed by atoms with Crippen molar-refractivity contribution in [2.75, 3.05) is 0 Å². The van der Waals surface area contributed by atoms with Gasteiger partial charge < -0.3 is 0 Å². The summed E-state index contributed by atoms with van der Waals surface area (Å²) < 4.78 is 0. The first-order chi connectivity index (χ1) is 9.47. The number of hydrogen-bond donors (Lipinski definition) is 0. The van der Waals surface area contributed by atoms with Crippen LogP contribution in [0.1, 0.15) is 22.6 Å². The highest BCUT2D eigenvalue weighted by Gasteiger charge is 2.34. The maximum absolute atomic E-state index is 6.04. The first-order valence-electron chi connectivity index (χ1n) is 7.03. The standard InChI is InChI=1S/C18H19ClSi/c1-20(2,3)17-12-14-6-4-5-7-16(14)18(17)13-8-10-15(19)11-9-13/h4-12,18H,1-3H3. The molecule has 20 heavy (non-hydrogen) atoms. The van der Waals surface area contributed by atoms with Crippen molar-refractivity contribution in [3.05, 3.63) is 75.4 Å². The van der Waals surface area contributed by atoms with Crippen LogP contribution >= 0.6 is 11.6 Å². The molecule has 0 amide bonds. The van der Waals surface area contributed by atoms with Gasteiger partial charge in [-0.15, -0.1) is 0 Å². The zero-order chi connectivity index (χ0) is 14.3. The molecule has 2 heteroatoms. The molecule has 102 valence electrons. The molecule has 1 atom stereocenters. The van der Waals surface area contributed by atoms with E-state index in [1.807, 2.05) is 12.1 Å². The lowest BCUT2D eigenvalue weighted by molar-refractivity contribution is 1.02. The third-order valence-electron chi connectivity index (χ3n) is 4.00. The van der Waals surface area contributed by atoms with Gasteiger partial charge in [0.1, 0.15) is 0 Å². The molecule has 0 N–H and O–H groups in total. The zero-order valence-corrected chi connectivity index (χ0v) is 13.9. The van der Waals surface area contributed by atoms with Crippen molar-refractivity contribution in [2.24, 2.45) is 0 Å². The number of hydrogen-bond acceptors (Lipinski definition) is 0. The summed E-state index contributed by atoms with van der Waals surface area (Å²) in [5.74, 6) is 0.412. The minimum atomic E-state index is -1.35. The van der Waals surface area contributed by atoms with E-state index in [0.29, 0.717) is 5.92 Å². The van der Waals surface area contributed by atoms with E-state index >= 15 is 0 Å². The van der Waals surface area contributed by atoms with Crippen LogP contribution in [-0.4, -0.2) is 8.07 Å². The van der Waals surface area contributed by atoms with Crippen molar-refractivity contribution in [3.8, 4) is 0 Å². The highest BCUT2D eigenvalue weighted by Crippen LogP contribution is 2.44. The maximum Gasteiger partial charge on any atom is 0.0737 e. The average molecular weight is 299 g/mol. The number of rotatable bonds is 2. The molecule has 2 aromatic rings. The van der Waals surface area contributed by atoms with Crippen molar-refractivity contribution in [1.29, 1.82) is 0 Å². The zero-order valence-electron chi connectivity index (χ0n) is 12.2. The summed E-state index contributed by atoms with van der Waals surface area (Å²) in [5, 5.41) is 2.42. The second-order valence-corrected chi connectivity index (χ2v) is 12.0. The molecule has 0 spiro atoms. The third-order valence-corrected chi connectivity index (χ3v) is 6.42. The van der Waals surface area contributed by atoms with Crippen molar-refractivity contribution in [1.82, 2.24) is 0 Å². The van der Waals surface area contributed by atoms with Gasteiger partial charge in [-0.05, 0) is 28.8 Å². The Balaban J connectivity index is 2.15. The fraction of sp³-hybridized carbons (Fsp3) is 0.222. The summed E-state index contributed by atoms with van der Waals surface area (Å²) in [7, 11) is -1.35. The smallest absolute Gasteiger partial charge is 0.0737 e. The molecule has 2 aromatic carbocycles. The molecular formula is C18H19ClSi. The van der Waals surface area contributed by atoms with Crippen LogP contribution in [0.5, 0.6) is 0 Å². The van der Waals surface area contributed by atoms with E-state index in [1.54, 1.807) is 5.20 Å². The van der Waals surface area contributed by atoms with Crippen LogP contribution in [0.15, 0.2) is 53.7 Å². The van der Waals surface area contributed by atoms with Crippen LogP contribution in [0.2, 0.25) is 24.7 Å². The van der Waals surface area contributed by atoms with E-state index in [2.05, 4.69) is 62.1 Å². The lowest BCUT2D eigenvalue weighted by atomic mass is 9.93. The van der Waals surface area contributed by atoms with Gasteiger partial charge in [-0.2, -0.15) is 0 Å². The molecule has 0 bridgehead atoms. The molecule has 0 saturated carbocycles. The van der Waals surface area contributed by atoms with Gasteiger partial charge in [0.25, 0.3) is 0 Å². The lowest BCUT2D eigenvalue weighted by Gasteiger charge is -2.26. The largest absolute Gasteiger partial charge is 0.0843 e. The summed E-state index contributed by atoms with van der Waals surface area (Å²) >= 11 is 6.04. The van der Waals surface area contributed by atoms with Crippen LogP contribution in [0.3, 0.4) is 0 Å². The molecule has 0 heterocycles. The summed E-state index contributed by atoms with van der Waals surface area (Å²) in [6.45, 7) is 7.27. The summed E-state index contributed by atoms with van der Waals surface area (Å²) in [6, 6.07) is 17.1. The summed E-state index contributed by atoms with van der Waals surface area (Å²) in [6.07, 6.45) is 2.42. The molecule has 0 saturated heterocycles. The summed E-state index contributed by atoms with van der Waals surface area (Å²) in [5.41, 5.74) is 4.17. The number of allylic oxidation sites excluding steroid dienone is 1. The molecule has 1 aliphatic carbocycles. The first-order valence-corrected chi connectivity index (χ1v) is 10.9. The average Bonchev–Trinajstić information content (AvgIpc) is 2.79. The normalized spacial score (nSPS) is 17.8. The van der Waals surface area contributed by atoms with Crippen LogP contribution in [-0.2, 0) is 0 Å². The van der Waals surface area contributed by atoms with Gasteiger partial charge in [-0.3, -0.25) is 0 Å². The lowest BCUT2D eigenvalue weighted by Crippen LogP contribution is -2.27. The predicted molar refractivity (Wildman–Crippen MR) is 91.1 cm³/mol. The molecule has 0 fully saturated rings. The second kappa shape index (κ2) is 4.91. The Morgan fingerprint density at radius 1 is 0.900 bits per heavy atom. The Kier molecular flexibility index (Phi) is 3.35. The third kappa shape index (κ3) is 2.36. The number of fused-ring (bicyclic) bond motifs is 1. The second-order valence-electron chi connectivity index (χ2n) is 6.46. The quantitative estimate of drug-likeness (QED) is 0.620. The Morgan fingerprint density at radius 3 is 2.20 bits per heavy atom. The molecule has 0 aliphatic heterocycles. The summed E-state index contributed by atoms with van der Waals surface area (Å²) in [4.78, 5) is 0. The Labute approximate surface area is 127 Å². The monoisotopic (exact) mass is 298 g/mol. The van der Waals surface area contributed by atoms with Crippen LogP contribution in [0.4, 0.5) is 0 Å². The van der Waals surface area contributed by atoms with Gasteiger partial charge in [-0.1, -0.05) is 78.9 Å². The van der Waals surface area contributed by atoms with Crippen molar-refractivity contribution >= 4 is 25.8 Å². The number of halogens is 1. The van der Waals surface area contributed by atoms with E-state index in [1.165, 1.54) is 16.7 Å². The fourth-order valence-electron chi connectivity index (χ4n) is 2.99. The highest BCUT2D eigenvalue weighted by atomic mass is 35.5. The van der Waals surface area contributed by atoms with Gasteiger partial charge in [0, 0.05) is 10.9 Å². The van der Waals surface area contributed by atoms with Gasteiger partial charge in [0.15, 0.2) is 0 Å². The Hall–Kier alpha value is -1.31. The van der Waals surface area contributed by atoms with Gasteiger partial charge >= 0.3 is 0 Å². The Morgan fingerprint density at radius 2 is 1.55 bits per heavy atom. The molecule has 0 aromatic heterocycles. The van der Waals surface area contributed by atoms with E-state index in [0.717, 1.165) is 5.02 Å². The van der Waals surface area contributed by atoms with Crippen molar-refractivity contribution in [3.63, 3.8) is 0 Å². The predicted octanol–water partition coefficient (Wildman–Crippen LogP) is 5.75. The Bertz CT molecular complexity index is 663. The first kappa shape index (κ1) is 13.7. The van der Waals surface area contributed by atoms with Gasteiger partial charge in [0.2, 0.25) is 0 Å². The van der Waals surface area contributed by atoms with Gasteiger partial charge in [-0.25, -0.2) is 0 Å². The van der Waals surface area contributed by atoms with Crippen molar-refractivity contribution in [2.45, 2.75) is 25.6 Å². The van der Waals surface area contributed by atoms with E-state index < -0.39 is 8.07 Å². The van der Waals surface area contributed by atoms with Crippen LogP contribution < -0.4 is 0 Å². The number of benzene rings is 2. The molecule has 1 unspecified atom stereocenters. The van der Waals surface area contributed by atoms with Crippen LogP contribution in [0.25, 0.3) is 6.08 Å². The minimum Gasteiger partial charge on any atom is -0.0843 e. The highest BCUT2D eigenvalue weighted by molar-refractivity contribution is 6.84. The fourth-order valence-corrected chi connectivity index (χ4v) is 4.89. The molecule has 1 aliphatic rings. The van der Waals surface area contributed by atoms with E-state index in [9.17, 15) is 0 Å². The van der Waals surface area contributed by atoms with Gasteiger partial charge in [0.05, 0.1) is 8.07 Å². The van der Waals surface area contributed by atoms with Crippen LogP contribution in [0, 0.1) is 0 Å². The topological polar surface area (TPSA) is 0 Å². The minimum absolute atomic E-state index is 0.412. The van der Waals surface area contributed by atoms with E-state index in [4.69, 9.17) is 11.6 Å². The molecule has 0 nitrogen and oxygen atoms in total. The molecular weight excluding hydrogens is 280 g/mol. The van der Waals surface area contributed by atoms with Crippen molar-refractivity contribution < 1.29 is 0 Å². The van der Waals surface area contributed by atoms with E-state index in [-0.39, 0.29) is 0 Å². The SMILES string of the molecule is C[Si](C)(C)C1=Cc2ccccc2C1c1ccc(Cl)cc1. The maximum atomic E-state index is 6.04. The molecule has 3 rings (SSSR count).